The lowest BCUT2D eigenvalue weighted by Crippen LogP contribution is -2.43. The van der Waals surface area contributed by atoms with Gasteiger partial charge in [-0.3, -0.25) is 19.1 Å². The molecule has 0 atom stereocenters. The number of benzene rings is 1. The van der Waals surface area contributed by atoms with E-state index in [9.17, 15) is 14.4 Å². The van der Waals surface area contributed by atoms with Gasteiger partial charge in [-0.1, -0.05) is 22.4 Å². The average Bonchev–Trinajstić information content (AvgIpc) is 3.20. The van der Waals surface area contributed by atoms with E-state index in [1.54, 1.807) is 12.3 Å². The number of rotatable bonds is 5. The van der Waals surface area contributed by atoms with Gasteiger partial charge < -0.3 is 15.2 Å². The smallest absolute Gasteiger partial charge is 0.253 e. The number of amides is 2. The van der Waals surface area contributed by atoms with Crippen LogP contribution in [0, 0.1) is 19.8 Å². The van der Waals surface area contributed by atoms with E-state index < -0.39 is 0 Å². The van der Waals surface area contributed by atoms with Crippen molar-refractivity contribution in [2.45, 2.75) is 58.5 Å². The summed E-state index contributed by atoms with van der Waals surface area (Å²) in [5.41, 5.74) is 3.41. The maximum Gasteiger partial charge on any atom is 0.253 e. The second-order valence-corrected chi connectivity index (χ2v) is 10.7. The van der Waals surface area contributed by atoms with Crippen molar-refractivity contribution < 1.29 is 9.59 Å². The number of piperidine rings is 1. The van der Waals surface area contributed by atoms with Crippen LogP contribution in [-0.4, -0.2) is 44.6 Å². The maximum absolute atomic E-state index is 13.1. The third-order valence-electron chi connectivity index (χ3n) is 7.42. The summed E-state index contributed by atoms with van der Waals surface area (Å²) >= 11 is 3.55. The van der Waals surface area contributed by atoms with Crippen molar-refractivity contribution >= 4 is 38.6 Å². The molecule has 5 rings (SSSR count). The molecule has 0 spiro atoms. The van der Waals surface area contributed by atoms with Crippen LogP contribution < -0.4 is 10.9 Å². The highest BCUT2D eigenvalue weighted by Crippen LogP contribution is 2.33. The zero-order valence-electron chi connectivity index (χ0n) is 20.1. The monoisotopic (exact) mass is 539 g/mol. The Balaban J connectivity index is 1.33. The Hall–Kier alpha value is -2.94. The van der Waals surface area contributed by atoms with Crippen molar-refractivity contribution in [2.75, 3.05) is 13.1 Å². The van der Waals surface area contributed by atoms with Crippen LogP contribution in [0.4, 0.5) is 0 Å². The van der Waals surface area contributed by atoms with E-state index >= 15 is 0 Å². The molecule has 1 aliphatic carbocycles. The predicted octanol–water partition coefficient (Wildman–Crippen LogP) is 4.00. The van der Waals surface area contributed by atoms with Crippen LogP contribution in [-0.2, 0) is 11.3 Å². The van der Waals surface area contributed by atoms with Gasteiger partial charge in [0.05, 0.1) is 23.3 Å². The molecule has 3 heterocycles. The van der Waals surface area contributed by atoms with Gasteiger partial charge in [-0.05, 0) is 63.3 Å². The number of aromatic amines is 1. The number of hydrogen-bond donors (Lipinski definition) is 2. The fourth-order valence-electron chi connectivity index (χ4n) is 5.20. The molecule has 0 radical (unpaired) electrons. The van der Waals surface area contributed by atoms with Gasteiger partial charge in [-0.15, -0.1) is 0 Å². The molecule has 8 nitrogen and oxygen atoms in total. The summed E-state index contributed by atoms with van der Waals surface area (Å²) in [7, 11) is 0. The van der Waals surface area contributed by atoms with E-state index in [2.05, 4.69) is 31.3 Å². The SMILES string of the molecule is Cc1cc(C)c(CNC(=O)c2cc(Br)cc3c2cnn3C2CCN(C(=O)C3CCC3)CC2)c(=O)[nH]1. The van der Waals surface area contributed by atoms with Crippen molar-refractivity contribution in [1.29, 1.82) is 0 Å². The molecule has 1 aromatic carbocycles. The minimum absolute atomic E-state index is 0.149. The Kier molecular flexibility index (Phi) is 6.53. The van der Waals surface area contributed by atoms with Gasteiger partial charge in [0.25, 0.3) is 11.5 Å². The Morgan fingerprint density at radius 1 is 1.14 bits per heavy atom. The number of hydrogen-bond acceptors (Lipinski definition) is 4. The summed E-state index contributed by atoms with van der Waals surface area (Å²) in [6.07, 6.45) is 6.65. The number of likely N-dealkylation sites (tertiary alicyclic amines) is 1. The van der Waals surface area contributed by atoms with Crippen molar-refractivity contribution in [3.63, 3.8) is 0 Å². The molecule has 1 saturated heterocycles. The number of halogens is 1. The van der Waals surface area contributed by atoms with Gasteiger partial charge in [-0.2, -0.15) is 5.10 Å². The molecule has 2 fully saturated rings. The summed E-state index contributed by atoms with van der Waals surface area (Å²) in [5.74, 6) is 0.286. The Morgan fingerprint density at radius 3 is 2.54 bits per heavy atom. The highest BCUT2D eigenvalue weighted by Gasteiger charge is 2.32. The number of pyridine rings is 1. The molecule has 184 valence electrons. The van der Waals surface area contributed by atoms with E-state index in [1.807, 2.05) is 35.6 Å². The minimum atomic E-state index is -0.254. The molecule has 2 amide bonds. The summed E-state index contributed by atoms with van der Waals surface area (Å²) in [5, 5.41) is 8.32. The molecular weight excluding hydrogens is 510 g/mol. The van der Waals surface area contributed by atoms with Crippen molar-refractivity contribution in [2.24, 2.45) is 5.92 Å². The van der Waals surface area contributed by atoms with Gasteiger partial charge in [0.2, 0.25) is 5.91 Å². The number of fused-ring (bicyclic) bond motifs is 1. The standard InChI is InChI=1S/C26H30BrN5O3/c1-15-10-16(2)30-25(34)21(15)13-28-24(33)20-11-18(27)12-23-22(20)14-29-32(23)19-6-8-31(9-7-19)26(35)17-4-3-5-17/h10-12,14,17,19H,3-9,13H2,1-2H3,(H,28,33)(H,30,34). The van der Waals surface area contributed by atoms with E-state index in [0.717, 1.165) is 71.8 Å². The zero-order valence-corrected chi connectivity index (χ0v) is 21.7. The number of carbonyl (C=O) groups is 2. The highest BCUT2D eigenvalue weighted by atomic mass is 79.9. The molecule has 0 unspecified atom stereocenters. The molecule has 2 aromatic heterocycles. The quantitative estimate of drug-likeness (QED) is 0.511. The molecule has 3 aromatic rings. The second kappa shape index (κ2) is 9.60. The van der Waals surface area contributed by atoms with E-state index in [4.69, 9.17) is 0 Å². The van der Waals surface area contributed by atoms with Gasteiger partial charge in [0, 0.05) is 46.7 Å². The lowest BCUT2D eigenvalue weighted by molar-refractivity contribution is -0.139. The fourth-order valence-corrected chi connectivity index (χ4v) is 5.64. The third-order valence-corrected chi connectivity index (χ3v) is 7.88. The van der Waals surface area contributed by atoms with Crippen LogP contribution in [0.5, 0.6) is 0 Å². The van der Waals surface area contributed by atoms with E-state index in [0.29, 0.717) is 17.0 Å². The van der Waals surface area contributed by atoms with Crippen molar-refractivity contribution in [3.8, 4) is 0 Å². The zero-order chi connectivity index (χ0) is 24.7. The van der Waals surface area contributed by atoms with Gasteiger partial charge in [0.1, 0.15) is 0 Å². The van der Waals surface area contributed by atoms with Crippen molar-refractivity contribution in [3.05, 3.63) is 61.6 Å². The maximum atomic E-state index is 13.1. The first-order valence-electron chi connectivity index (χ1n) is 12.2. The fraction of sp³-hybridized carbons (Fsp3) is 0.462. The number of aryl methyl sites for hydroxylation is 2. The molecule has 35 heavy (non-hydrogen) atoms. The van der Waals surface area contributed by atoms with Crippen molar-refractivity contribution in [1.82, 2.24) is 25.0 Å². The Bertz CT molecular complexity index is 1350. The van der Waals surface area contributed by atoms with Crippen LogP contribution in [0.3, 0.4) is 0 Å². The molecule has 1 saturated carbocycles. The van der Waals surface area contributed by atoms with E-state index in [1.165, 1.54) is 0 Å². The first-order valence-corrected chi connectivity index (χ1v) is 13.0. The second-order valence-electron chi connectivity index (χ2n) is 9.79. The first kappa shape index (κ1) is 23.8. The predicted molar refractivity (Wildman–Crippen MR) is 137 cm³/mol. The molecule has 0 bridgehead atoms. The number of aromatic nitrogens is 3. The summed E-state index contributed by atoms with van der Waals surface area (Å²) in [6, 6.07) is 5.85. The molecule has 2 N–H and O–H groups in total. The molecule has 9 heteroatoms. The van der Waals surface area contributed by atoms with Crippen LogP contribution in [0.1, 0.15) is 65.3 Å². The number of carbonyl (C=O) groups excluding carboxylic acids is 2. The number of nitrogens with zero attached hydrogens (tertiary/aromatic N) is 3. The first-order chi connectivity index (χ1) is 16.8. The molecule has 1 aliphatic heterocycles. The van der Waals surface area contributed by atoms with Gasteiger partial charge >= 0.3 is 0 Å². The lowest BCUT2D eigenvalue weighted by Gasteiger charge is -2.36. The van der Waals surface area contributed by atoms with Crippen LogP contribution in [0.2, 0.25) is 0 Å². The van der Waals surface area contributed by atoms with Crippen LogP contribution in [0.25, 0.3) is 10.9 Å². The largest absolute Gasteiger partial charge is 0.348 e. The summed E-state index contributed by atoms with van der Waals surface area (Å²) < 4.78 is 2.79. The molecular formula is C26H30BrN5O3. The highest BCUT2D eigenvalue weighted by molar-refractivity contribution is 9.10. The number of H-pyrrole nitrogens is 1. The Labute approximate surface area is 212 Å². The third kappa shape index (κ3) is 4.66. The Morgan fingerprint density at radius 2 is 1.89 bits per heavy atom. The average molecular weight is 540 g/mol. The summed E-state index contributed by atoms with van der Waals surface area (Å²) in [6.45, 7) is 5.34. The van der Waals surface area contributed by atoms with Gasteiger partial charge in [0.15, 0.2) is 0 Å². The normalized spacial score (nSPS) is 16.9. The van der Waals surface area contributed by atoms with Crippen LogP contribution >= 0.6 is 15.9 Å². The lowest BCUT2D eigenvalue weighted by atomic mass is 9.84. The van der Waals surface area contributed by atoms with Crippen LogP contribution in [0.15, 0.2) is 33.7 Å². The minimum Gasteiger partial charge on any atom is -0.348 e. The number of nitrogens with one attached hydrogen (secondary N) is 2. The topological polar surface area (TPSA) is 100 Å². The molecule has 2 aliphatic rings. The van der Waals surface area contributed by atoms with Gasteiger partial charge in [-0.25, -0.2) is 0 Å². The van der Waals surface area contributed by atoms with E-state index in [-0.39, 0.29) is 30.0 Å². The summed E-state index contributed by atoms with van der Waals surface area (Å²) in [4.78, 5) is 42.9.